The first-order valence-electron chi connectivity index (χ1n) is 8.95. The van der Waals surface area contributed by atoms with Crippen LogP contribution in [0.25, 0.3) is 0 Å². The Labute approximate surface area is 153 Å². The minimum absolute atomic E-state index is 0.0328. The Morgan fingerprint density at radius 1 is 1.08 bits per heavy atom. The van der Waals surface area contributed by atoms with Gasteiger partial charge in [-0.05, 0) is 55.1 Å². The average Bonchev–Trinajstić information content (AvgIpc) is 3.16. The van der Waals surface area contributed by atoms with Crippen molar-refractivity contribution in [1.82, 2.24) is 10.3 Å². The van der Waals surface area contributed by atoms with Crippen LogP contribution in [0, 0.1) is 11.8 Å². The molecule has 0 aliphatic heterocycles. The molecule has 6 heteroatoms. The number of benzene rings is 1. The van der Waals surface area contributed by atoms with E-state index in [1.807, 2.05) is 12.1 Å². The Bertz CT molecular complexity index is 746. The number of aromatic nitrogens is 1. The molecule has 0 saturated heterocycles. The van der Waals surface area contributed by atoms with E-state index in [1.165, 1.54) is 0 Å². The lowest BCUT2D eigenvalue weighted by Crippen LogP contribution is -2.34. The molecule has 2 atom stereocenters. The van der Waals surface area contributed by atoms with Gasteiger partial charge in [0.05, 0.1) is 0 Å². The second-order valence-corrected chi connectivity index (χ2v) is 6.64. The predicted molar refractivity (Wildman–Crippen MR) is 100 cm³/mol. The molecule has 2 amide bonds. The summed E-state index contributed by atoms with van der Waals surface area (Å²) in [4.78, 5) is 28.5. The van der Waals surface area contributed by atoms with Gasteiger partial charge in [0.2, 0.25) is 5.91 Å². The van der Waals surface area contributed by atoms with Crippen molar-refractivity contribution < 1.29 is 9.59 Å². The molecule has 0 bridgehead atoms. The standard InChI is InChI=1S/C20H24N4O2/c21-12-16-2-1-3-18(16)20(26)23-13-14-4-6-15(7-5-14)19(25)24-17-8-10-22-11-9-17/h4-11,16,18H,1-3,12-13,21H2,(H,23,26)(H,22,24,25)/t16-,18-/m1/s1. The Morgan fingerprint density at radius 2 is 1.81 bits per heavy atom. The summed E-state index contributed by atoms with van der Waals surface area (Å²) in [6.07, 6.45) is 6.28. The van der Waals surface area contributed by atoms with Crippen molar-refractivity contribution in [2.45, 2.75) is 25.8 Å². The number of hydrogen-bond acceptors (Lipinski definition) is 4. The van der Waals surface area contributed by atoms with Gasteiger partial charge in [-0.2, -0.15) is 0 Å². The number of nitrogens with two attached hydrogens (primary N) is 1. The van der Waals surface area contributed by atoms with Crippen molar-refractivity contribution in [3.63, 3.8) is 0 Å². The zero-order valence-corrected chi connectivity index (χ0v) is 14.7. The zero-order chi connectivity index (χ0) is 18.4. The van der Waals surface area contributed by atoms with Gasteiger partial charge in [-0.15, -0.1) is 0 Å². The van der Waals surface area contributed by atoms with Crippen LogP contribution in [0.15, 0.2) is 48.8 Å². The van der Waals surface area contributed by atoms with Crippen molar-refractivity contribution >= 4 is 17.5 Å². The highest BCUT2D eigenvalue weighted by molar-refractivity contribution is 6.04. The number of nitrogens with one attached hydrogen (secondary N) is 2. The maximum absolute atomic E-state index is 12.3. The number of carbonyl (C=O) groups is 2. The van der Waals surface area contributed by atoms with E-state index in [9.17, 15) is 9.59 Å². The minimum Gasteiger partial charge on any atom is -0.352 e. The second-order valence-electron chi connectivity index (χ2n) is 6.64. The molecule has 2 aromatic rings. The summed E-state index contributed by atoms with van der Waals surface area (Å²) < 4.78 is 0. The Hall–Kier alpha value is -2.73. The molecule has 1 fully saturated rings. The van der Waals surface area contributed by atoms with Crippen molar-refractivity contribution in [3.05, 3.63) is 59.9 Å². The van der Waals surface area contributed by atoms with Crippen LogP contribution in [0.2, 0.25) is 0 Å². The molecule has 136 valence electrons. The summed E-state index contributed by atoms with van der Waals surface area (Å²) >= 11 is 0. The van der Waals surface area contributed by atoms with E-state index in [1.54, 1.807) is 36.7 Å². The molecule has 0 unspecified atom stereocenters. The van der Waals surface area contributed by atoms with Gasteiger partial charge in [0.15, 0.2) is 0 Å². The third-order valence-electron chi connectivity index (χ3n) is 4.92. The smallest absolute Gasteiger partial charge is 0.255 e. The van der Waals surface area contributed by atoms with E-state index < -0.39 is 0 Å². The summed E-state index contributed by atoms with van der Waals surface area (Å²) in [5.41, 5.74) is 7.97. The molecule has 4 N–H and O–H groups in total. The quantitative estimate of drug-likeness (QED) is 0.743. The zero-order valence-electron chi connectivity index (χ0n) is 14.7. The lowest BCUT2D eigenvalue weighted by Gasteiger charge is -2.17. The molecule has 0 spiro atoms. The SMILES string of the molecule is NC[C@H]1CCC[C@H]1C(=O)NCc1ccc(C(=O)Nc2ccncc2)cc1. The fourth-order valence-electron chi connectivity index (χ4n) is 3.40. The van der Waals surface area contributed by atoms with Crippen LogP contribution < -0.4 is 16.4 Å². The maximum Gasteiger partial charge on any atom is 0.255 e. The average molecular weight is 352 g/mol. The van der Waals surface area contributed by atoms with Gasteiger partial charge >= 0.3 is 0 Å². The number of pyridine rings is 1. The van der Waals surface area contributed by atoms with Gasteiger partial charge in [-0.1, -0.05) is 18.6 Å². The third kappa shape index (κ3) is 4.46. The van der Waals surface area contributed by atoms with Crippen LogP contribution in [0.1, 0.15) is 35.2 Å². The number of anilines is 1. The van der Waals surface area contributed by atoms with Crippen LogP contribution >= 0.6 is 0 Å². The second kappa shape index (κ2) is 8.58. The van der Waals surface area contributed by atoms with Gasteiger partial charge in [0.25, 0.3) is 5.91 Å². The highest BCUT2D eigenvalue weighted by Gasteiger charge is 2.31. The fourth-order valence-corrected chi connectivity index (χ4v) is 3.40. The van der Waals surface area contributed by atoms with E-state index in [-0.39, 0.29) is 17.7 Å². The Balaban J connectivity index is 1.53. The minimum atomic E-state index is -0.177. The number of nitrogens with zero attached hydrogens (tertiary/aromatic N) is 1. The summed E-state index contributed by atoms with van der Waals surface area (Å²) in [6.45, 7) is 1.03. The predicted octanol–water partition coefficient (Wildman–Crippen LogP) is 2.33. The highest BCUT2D eigenvalue weighted by Crippen LogP contribution is 2.30. The first-order valence-corrected chi connectivity index (χ1v) is 8.95. The molecule has 26 heavy (non-hydrogen) atoms. The van der Waals surface area contributed by atoms with Crippen LogP contribution in [-0.2, 0) is 11.3 Å². The van der Waals surface area contributed by atoms with Crippen LogP contribution in [-0.4, -0.2) is 23.3 Å². The summed E-state index contributed by atoms with van der Waals surface area (Å²) in [5.74, 6) is 0.237. The van der Waals surface area contributed by atoms with Gasteiger partial charge in [-0.3, -0.25) is 14.6 Å². The number of hydrogen-bond donors (Lipinski definition) is 3. The van der Waals surface area contributed by atoms with E-state index in [2.05, 4.69) is 15.6 Å². The molecule has 1 aliphatic rings. The third-order valence-corrected chi connectivity index (χ3v) is 4.92. The van der Waals surface area contributed by atoms with Gasteiger partial charge in [-0.25, -0.2) is 0 Å². The molecule has 1 saturated carbocycles. The summed E-state index contributed by atoms with van der Waals surface area (Å²) in [7, 11) is 0. The van der Waals surface area contributed by atoms with Crippen LogP contribution in [0.3, 0.4) is 0 Å². The van der Waals surface area contributed by atoms with E-state index >= 15 is 0 Å². The monoisotopic (exact) mass is 352 g/mol. The molecule has 0 radical (unpaired) electrons. The molecular formula is C20H24N4O2. The van der Waals surface area contributed by atoms with Crippen molar-refractivity contribution in [2.24, 2.45) is 17.6 Å². The molecule has 3 rings (SSSR count). The van der Waals surface area contributed by atoms with Crippen LogP contribution in [0.5, 0.6) is 0 Å². The van der Waals surface area contributed by atoms with E-state index in [0.29, 0.717) is 30.3 Å². The maximum atomic E-state index is 12.3. The topological polar surface area (TPSA) is 97.1 Å². The van der Waals surface area contributed by atoms with Gasteiger partial charge in [0.1, 0.15) is 0 Å². The number of amides is 2. The Kier molecular flexibility index (Phi) is 5.96. The Morgan fingerprint density at radius 3 is 2.50 bits per heavy atom. The number of carbonyl (C=O) groups excluding carboxylic acids is 2. The summed E-state index contributed by atoms with van der Waals surface area (Å²) in [5, 5.41) is 5.81. The van der Waals surface area contributed by atoms with Gasteiger partial charge < -0.3 is 16.4 Å². The van der Waals surface area contributed by atoms with Crippen molar-refractivity contribution in [3.8, 4) is 0 Å². The molecule has 1 aromatic carbocycles. The lowest BCUT2D eigenvalue weighted by atomic mass is 9.95. The first-order chi connectivity index (χ1) is 12.7. The van der Waals surface area contributed by atoms with Crippen molar-refractivity contribution in [2.75, 3.05) is 11.9 Å². The molecule has 1 heterocycles. The normalized spacial score (nSPS) is 19.1. The van der Waals surface area contributed by atoms with Crippen LogP contribution in [0.4, 0.5) is 5.69 Å². The van der Waals surface area contributed by atoms with Crippen molar-refractivity contribution in [1.29, 1.82) is 0 Å². The van der Waals surface area contributed by atoms with Gasteiger partial charge in [0, 0.05) is 36.1 Å². The number of rotatable bonds is 6. The summed E-state index contributed by atoms with van der Waals surface area (Å²) in [6, 6.07) is 10.7. The van der Waals surface area contributed by atoms with E-state index in [4.69, 9.17) is 5.73 Å². The molecule has 1 aliphatic carbocycles. The van der Waals surface area contributed by atoms with E-state index in [0.717, 1.165) is 24.8 Å². The molecule has 6 nitrogen and oxygen atoms in total. The highest BCUT2D eigenvalue weighted by atomic mass is 16.2. The molecular weight excluding hydrogens is 328 g/mol. The fraction of sp³-hybridized carbons (Fsp3) is 0.350. The molecule has 1 aromatic heterocycles. The largest absolute Gasteiger partial charge is 0.352 e. The first kappa shape index (κ1) is 18.1. The lowest BCUT2D eigenvalue weighted by molar-refractivity contribution is -0.126.